The molecule has 2 aliphatic heterocycles. The summed E-state index contributed by atoms with van der Waals surface area (Å²) in [6.45, 7) is 17.0. The monoisotopic (exact) mass is 375 g/mol. The molecule has 0 aromatic heterocycles. The van der Waals surface area contributed by atoms with Crippen molar-refractivity contribution in [3.05, 3.63) is 23.4 Å². The van der Waals surface area contributed by atoms with Gasteiger partial charge in [0.05, 0.1) is 0 Å². The molecule has 0 amide bonds. The number of hydrogen-bond donors (Lipinski definition) is 1. The van der Waals surface area contributed by atoms with Crippen LogP contribution in [0.1, 0.15) is 47.0 Å². The molecule has 0 aliphatic carbocycles. The number of rotatable bonds is 7. The Bertz CT molecular complexity index is 505. The Balaban J connectivity index is 0.00000176. The second-order valence-electron chi connectivity index (χ2n) is 7.45. The number of nitriles is 1. The maximum Gasteiger partial charge on any atom is 0.179 e. The summed E-state index contributed by atoms with van der Waals surface area (Å²) in [4.78, 5) is 6.92. The van der Waals surface area contributed by atoms with Crippen molar-refractivity contribution >= 4 is 0 Å². The van der Waals surface area contributed by atoms with Gasteiger partial charge in [-0.15, -0.1) is 0 Å². The van der Waals surface area contributed by atoms with Crippen LogP contribution >= 0.6 is 0 Å². The van der Waals surface area contributed by atoms with Crippen LogP contribution in [0.15, 0.2) is 23.4 Å². The van der Waals surface area contributed by atoms with E-state index in [1.807, 2.05) is 20.9 Å². The van der Waals surface area contributed by atoms with Crippen molar-refractivity contribution in [2.45, 2.75) is 47.0 Å². The van der Waals surface area contributed by atoms with Crippen LogP contribution in [0, 0.1) is 17.4 Å². The van der Waals surface area contributed by atoms with Crippen molar-refractivity contribution in [2.24, 2.45) is 5.92 Å². The van der Waals surface area contributed by atoms with Crippen LogP contribution in [0.3, 0.4) is 0 Å². The Morgan fingerprint density at radius 1 is 1.30 bits per heavy atom. The van der Waals surface area contributed by atoms with Gasteiger partial charge in [-0.1, -0.05) is 19.9 Å². The van der Waals surface area contributed by atoms with Gasteiger partial charge in [0.2, 0.25) is 0 Å². The van der Waals surface area contributed by atoms with Crippen molar-refractivity contribution in [1.29, 1.82) is 5.26 Å². The molecule has 5 heteroatoms. The van der Waals surface area contributed by atoms with E-state index in [-0.39, 0.29) is 0 Å². The summed E-state index contributed by atoms with van der Waals surface area (Å²) in [6.07, 6.45) is 10.4. The first-order valence-electron chi connectivity index (χ1n) is 10.8. The molecule has 0 saturated carbocycles. The molecule has 1 atom stereocenters. The van der Waals surface area contributed by atoms with Crippen LogP contribution < -0.4 is 5.32 Å². The van der Waals surface area contributed by atoms with Crippen LogP contribution in [0.5, 0.6) is 0 Å². The lowest BCUT2D eigenvalue weighted by atomic mass is 9.94. The lowest BCUT2D eigenvalue weighted by Crippen LogP contribution is -2.41. The van der Waals surface area contributed by atoms with Crippen molar-refractivity contribution in [3.63, 3.8) is 0 Å². The highest BCUT2D eigenvalue weighted by atomic mass is 15.2. The lowest BCUT2D eigenvalue weighted by molar-refractivity contribution is 0.150. The molecule has 154 valence electrons. The summed E-state index contributed by atoms with van der Waals surface area (Å²) >= 11 is 0. The minimum Gasteiger partial charge on any atom is -0.369 e. The van der Waals surface area contributed by atoms with Gasteiger partial charge in [-0.2, -0.15) is 5.26 Å². The average Bonchev–Trinajstić information content (AvgIpc) is 2.88. The van der Waals surface area contributed by atoms with Gasteiger partial charge >= 0.3 is 0 Å². The van der Waals surface area contributed by atoms with E-state index in [0.717, 1.165) is 51.6 Å². The number of likely N-dealkylation sites (tertiary alicyclic amines) is 1. The number of allylic oxidation sites excluding steroid dienone is 2. The van der Waals surface area contributed by atoms with E-state index in [9.17, 15) is 0 Å². The van der Waals surface area contributed by atoms with Gasteiger partial charge in [0.1, 0.15) is 0 Å². The summed E-state index contributed by atoms with van der Waals surface area (Å²) in [5.41, 5.74) is 2.84. The SMILES string of the molecule is C/C=C/C1=C(C)CNCCN1CCN1CCCC(CCN(C)C#N)C1.CC. The Morgan fingerprint density at radius 2 is 2.07 bits per heavy atom. The molecule has 2 aliphatic rings. The zero-order chi connectivity index (χ0) is 20.1. The molecule has 1 N–H and O–H groups in total. The molecule has 5 nitrogen and oxygen atoms in total. The number of nitrogens with zero attached hydrogens (tertiary/aromatic N) is 4. The maximum absolute atomic E-state index is 8.90. The fourth-order valence-electron chi connectivity index (χ4n) is 3.89. The normalized spacial score (nSPS) is 21.5. The molecule has 1 fully saturated rings. The van der Waals surface area contributed by atoms with Crippen molar-refractivity contribution in [1.82, 2.24) is 20.0 Å². The van der Waals surface area contributed by atoms with Crippen LogP contribution in [0.2, 0.25) is 0 Å². The molecule has 27 heavy (non-hydrogen) atoms. The highest BCUT2D eigenvalue weighted by molar-refractivity contribution is 5.25. The third-order valence-electron chi connectivity index (χ3n) is 5.38. The average molecular weight is 376 g/mol. The van der Waals surface area contributed by atoms with E-state index in [2.05, 4.69) is 47.3 Å². The third kappa shape index (κ3) is 8.36. The van der Waals surface area contributed by atoms with E-state index in [1.165, 1.54) is 37.2 Å². The summed E-state index contributed by atoms with van der Waals surface area (Å²) in [7, 11) is 1.88. The van der Waals surface area contributed by atoms with Gasteiger partial charge in [-0.25, -0.2) is 0 Å². The second kappa shape index (κ2) is 13.6. The van der Waals surface area contributed by atoms with Crippen LogP contribution in [0.4, 0.5) is 0 Å². The molecular weight excluding hydrogens is 334 g/mol. The van der Waals surface area contributed by atoms with Crippen molar-refractivity contribution in [3.8, 4) is 6.19 Å². The number of nitrogens with one attached hydrogen (secondary N) is 1. The Hall–Kier alpha value is -1.51. The van der Waals surface area contributed by atoms with Gasteiger partial charge in [0.25, 0.3) is 0 Å². The predicted molar refractivity (Wildman–Crippen MR) is 115 cm³/mol. The predicted octanol–water partition coefficient (Wildman–Crippen LogP) is 3.28. The first-order valence-corrected chi connectivity index (χ1v) is 10.8. The topological polar surface area (TPSA) is 45.5 Å². The van der Waals surface area contributed by atoms with Gasteiger partial charge in [-0.05, 0) is 57.2 Å². The Kier molecular flexibility index (Phi) is 11.9. The zero-order valence-corrected chi connectivity index (χ0v) is 18.3. The molecule has 2 heterocycles. The molecule has 2 rings (SSSR count). The minimum absolute atomic E-state index is 0.739. The van der Waals surface area contributed by atoms with Crippen molar-refractivity contribution in [2.75, 3.05) is 59.4 Å². The standard InChI is InChI=1S/C20H35N5.C2H6/c1-4-6-20-18(2)15-22-9-12-25(20)14-13-24-10-5-7-19(16-24)8-11-23(3)17-21;1-2/h4,6,19,22H,5,7-16H2,1-3H3;1-2H3/b6-4+;. The van der Waals surface area contributed by atoms with E-state index < -0.39 is 0 Å². The van der Waals surface area contributed by atoms with Crippen LogP contribution in [-0.4, -0.2) is 74.1 Å². The third-order valence-corrected chi connectivity index (χ3v) is 5.38. The quantitative estimate of drug-likeness (QED) is 0.546. The maximum atomic E-state index is 8.90. The number of piperidine rings is 1. The molecule has 0 spiro atoms. The zero-order valence-electron chi connectivity index (χ0n) is 18.3. The van der Waals surface area contributed by atoms with Crippen molar-refractivity contribution < 1.29 is 0 Å². The highest BCUT2D eigenvalue weighted by Gasteiger charge is 2.21. The van der Waals surface area contributed by atoms with Gasteiger partial charge < -0.3 is 20.0 Å². The second-order valence-corrected chi connectivity index (χ2v) is 7.45. The van der Waals surface area contributed by atoms with E-state index in [0.29, 0.717) is 0 Å². The molecule has 0 bridgehead atoms. The first-order chi connectivity index (χ1) is 13.1. The van der Waals surface area contributed by atoms with E-state index in [4.69, 9.17) is 5.26 Å². The molecule has 0 aromatic carbocycles. The largest absolute Gasteiger partial charge is 0.369 e. The van der Waals surface area contributed by atoms with Gasteiger partial charge in [0.15, 0.2) is 6.19 Å². The lowest BCUT2D eigenvalue weighted by Gasteiger charge is -2.35. The Morgan fingerprint density at radius 3 is 2.78 bits per heavy atom. The summed E-state index contributed by atoms with van der Waals surface area (Å²) < 4.78 is 0. The smallest absolute Gasteiger partial charge is 0.179 e. The molecular formula is C22H41N5. The summed E-state index contributed by atoms with van der Waals surface area (Å²) in [6, 6.07) is 0. The fourth-order valence-corrected chi connectivity index (χ4v) is 3.89. The van der Waals surface area contributed by atoms with E-state index >= 15 is 0 Å². The molecule has 1 unspecified atom stereocenters. The van der Waals surface area contributed by atoms with Gasteiger partial charge in [-0.3, -0.25) is 0 Å². The Labute approximate surface area is 167 Å². The van der Waals surface area contributed by atoms with Crippen LogP contribution in [-0.2, 0) is 0 Å². The van der Waals surface area contributed by atoms with Crippen LogP contribution in [0.25, 0.3) is 0 Å². The first kappa shape index (κ1) is 23.5. The van der Waals surface area contributed by atoms with E-state index in [1.54, 1.807) is 4.90 Å². The minimum atomic E-state index is 0.739. The highest BCUT2D eigenvalue weighted by Crippen LogP contribution is 2.20. The fraction of sp³-hybridized carbons (Fsp3) is 0.773. The molecule has 0 radical (unpaired) electrons. The summed E-state index contributed by atoms with van der Waals surface area (Å²) in [5, 5.41) is 12.4. The number of hydrogen-bond acceptors (Lipinski definition) is 5. The molecule has 1 saturated heterocycles. The van der Waals surface area contributed by atoms with Gasteiger partial charge in [0, 0.05) is 58.6 Å². The summed E-state index contributed by atoms with van der Waals surface area (Å²) in [5.74, 6) is 0.739. The molecule has 0 aromatic rings.